The van der Waals surface area contributed by atoms with Gasteiger partial charge in [-0.05, 0) is 30.6 Å². The predicted molar refractivity (Wildman–Crippen MR) is 64.9 cm³/mol. The summed E-state index contributed by atoms with van der Waals surface area (Å²) in [6, 6.07) is 0. The molecule has 0 unspecified atom stereocenters. The van der Waals surface area contributed by atoms with Gasteiger partial charge in [0.25, 0.3) is 0 Å². The molecule has 0 heterocycles. The van der Waals surface area contributed by atoms with E-state index >= 15 is 0 Å². The Hall–Kier alpha value is -1.14. The first-order valence-electron chi connectivity index (χ1n) is 6.14. The summed E-state index contributed by atoms with van der Waals surface area (Å²) in [6.45, 7) is 13.1. The van der Waals surface area contributed by atoms with Crippen molar-refractivity contribution in [1.29, 1.82) is 0 Å². The third-order valence-corrected chi connectivity index (χ3v) is 4.54. The van der Waals surface area contributed by atoms with Gasteiger partial charge in [-0.2, -0.15) is 0 Å². The maximum atomic E-state index is 12.2. The minimum atomic E-state index is -0.483. The number of nitrogens with zero attached hydrogens (tertiary/aromatic N) is 1. The second kappa shape index (κ2) is 3.68. The Bertz CT molecular complexity index is 430. The van der Waals surface area contributed by atoms with E-state index < -0.39 is 5.41 Å². The maximum absolute atomic E-state index is 12.2. The van der Waals surface area contributed by atoms with Gasteiger partial charge in [0.2, 0.25) is 5.70 Å². The molecule has 1 fully saturated rings. The highest BCUT2D eigenvalue weighted by Gasteiger charge is 2.53. The van der Waals surface area contributed by atoms with Gasteiger partial charge >= 0.3 is 0 Å². The molecule has 0 aromatic heterocycles. The summed E-state index contributed by atoms with van der Waals surface area (Å²) in [7, 11) is 0. The number of hydrogen-bond acceptors (Lipinski definition) is 2. The zero-order valence-electron chi connectivity index (χ0n) is 10.7. The molecule has 2 aliphatic rings. The molecule has 0 aliphatic heterocycles. The number of aliphatic hydroxyl groups excluding tert-OH is 1. The number of rotatable bonds is 0. The van der Waals surface area contributed by atoms with Crippen LogP contribution in [0.4, 0.5) is 0 Å². The molecule has 92 valence electrons. The lowest BCUT2D eigenvalue weighted by atomic mass is 9.53. The average Bonchev–Trinajstić information content (AvgIpc) is 2.23. The molecule has 3 nitrogen and oxygen atoms in total. The summed E-state index contributed by atoms with van der Waals surface area (Å²) in [5, 5.41) is 9.82. The fraction of sp³-hybridized carbons (Fsp3) is 0.714. The van der Waals surface area contributed by atoms with Crippen molar-refractivity contribution >= 4 is 5.78 Å². The number of ketones is 1. The molecule has 0 amide bonds. The van der Waals surface area contributed by atoms with Gasteiger partial charge in [0, 0.05) is 5.41 Å². The van der Waals surface area contributed by atoms with Crippen LogP contribution in [0.2, 0.25) is 0 Å². The lowest BCUT2D eigenvalue weighted by molar-refractivity contribution is -0.133. The van der Waals surface area contributed by atoms with E-state index in [9.17, 15) is 9.90 Å². The first-order chi connectivity index (χ1) is 7.81. The summed E-state index contributed by atoms with van der Waals surface area (Å²) >= 11 is 0. The summed E-state index contributed by atoms with van der Waals surface area (Å²) in [5.74, 6) is 0.197. The van der Waals surface area contributed by atoms with Gasteiger partial charge in [-0.3, -0.25) is 0 Å². The Morgan fingerprint density at radius 2 is 2.06 bits per heavy atom. The number of hydrogen-bond donors (Lipinski definition) is 1. The number of fused-ring (bicyclic) bond motifs is 1. The van der Waals surface area contributed by atoms with E-state index in [-0.39, 0.29) is 28.9 Å². The molecule has 2 aliphatic carbocycles. The van der Waals surface area contributed by atoms with Crippen molar-refractivity contribution in [1.82, 2.24) is 0 Å². The molecule has 2 rings (SSSR count). The Morgan fingerprint density at radius 1 is 1.41 bits per heavy atom. The predicted octanol–water partition coefficient (Wildman–Crippen LogP) is 2.57. The molecule has 3 atom stereocenters. The van der Waals surface area contributed by atoms with Crippen LogP contribution in [0.1, 0.15) is 40.0 Å². The van der Waals surface area contributed by atoms with Crippen molar-refractivity contribution < 1.29 is 9.90 Å². The second-order valence-electron chi connectivity index (χ2n) is 6.19. The van der Waals surface area contributed by atoms with Gasteiger partial charge in [0.05, 0.1) is 12.7 Å². The lowest BCUT2D eigenvalue weighted by Crippen LogP contribution is -2.50. The SMILES string of the molecule is [C-]#[N+]C1=C[C@]2(C)C[C@H](O)CC[C@H]2C(C)(C)C1=O. The molecular formula is C14H19NO2. The van der Waals surface area contributed by atoms with Crippen molar-refractivity contribution in [3.05, 3.63) is 23.2 Å². The topological polar surface area (TPSA) is 41.7 Å². The van der Waals surface area contributed by atoms with E-state index in [0.29, 0.717) is 6.42 Å². The molecule has 0 radical (unpaired) electrons. The second-order valence-corrected chi connectivity index (χ2v) is 6.19. The maximum Gasteiger partial charge on any atom is 0.226 e. The molecule has 0 aromatic carbocycles. The first kappa shape index (κ1) is 12.3. The highest BCUT2D eigenvalue weighted by atomic mass is 16.3. The lowest BCUT2D eigenvalue weighted by Gasteiger charge is -2.51. The Balaban J connectivity index is 2.51. The number of carbonyl (C=O) groups is 1. The van der Waals surface area contributed by atoms with Crippen molar-refractivity contribution in [2.75, 3.05) is 0 Å². The molecule has 1 N–H and O–H groups in total. The number of aliphatic hydroxyl groups is 1. The summed E-state index contributed by atoms with van der Waals surface area (Å²) in [4.78, 5) is 15.6. The van der Waals surface area contributed by atoms with Gasteiger partial charge < -0.3 is 9.90 Å². The largest absolute Gasteiger partial charge is 0.393 e. The Labute approximate surface area is 102 Å². The fourth-order valence-electron chi connectivity index (χ4n) is 3.73. The molecule has 17 heavy (non-hydrogen) atoms. The van der Waals surface area contributed by atoms with Gasteiger partial charge in [-0.1, -0.05) is 26.8 Å². The van der Waals surface area contributed by atoms with E-state index in [1.54, 1.807) is 6.08 Å². The van der Waals surface area contributed by atoms with Crippen LogP contribution >= 0.6 is 0 Å². The third kappa shape index (κ3) is 1.71. The minimum absolute atomic E-state index is 0.0358. The van der Waals surface area contributed by atoms with Crippen LogP contribution in [0, 0.1) is 23.3 Å². The van der Waals surface area contributed by atoms with Crippen LogP contribution in [0.25, 0.3) is 4.85 Å². The molecular weight excluding hydrogens is 214 g/mol. The van der Waals surface area contributed by atoms with Crippen LogP contribution in [0.5, 0.6) is 0 Å². The summed E-state index contributed by atoms with van der Waals surface area (Å²) in [5.41, 5.74) is -0.443. The normalized spacial score (nSPS) is 40.2. The molecule has 0 saturated heterocycles. The smallest absolute Gasteiger partial charge is 0.226 e. The average molecular weight is 233 g/mol. The van der Waals surface area contributed by atoms with E-state index in [2.05, 4.69) is 11.8 Å². The number of carbonyl (C=O) groups excluding carboxylic acids is 1. The molecule has 3 heteroatoms. The molecule has 1 saturated carbocycles. The number of allylic oxidation sites excluding steroid dienone is 2. The van der Waals surface area contributed by atoms with Gasteiger partial charge in [-0.25, -0.2) is 4.85 Å². The highest BCUT2D eigenvalue weighted by Crippen LogP contribution is 2.55. The first-order valence-corrected chi connectivity index (χ1v) is 6.14. The monoisotopic (exact) mass is 233 g/mol. The quantitative estimate of drug-likeness (QED) is 0.653. The van der Waals surface area contributed by atoms with Crippen LogP contribution in [-0.4, -0.2) is 17.0 Å². The van der Waals surface area contributed by atoms with E-state index in [1.165, 1.54) is 0 Å². The van der Waals surface area contributed by atoms with Gasteiger partial charge in [0.15, 0.2) is 5.78 Å². The van der Waals surface area contributed by atoms with E-state index in [0.717, 1.165) is 12.8 Å². The molecule has 0 bridgehead atoms. The van der Waals surface area contributed by atoms with Gasteiger partial charge in [-0.15, -0.1) is 0 Å². The van der Waals surface area contributed by atoms with Crippen molar-refractivity contribution in [2.24, 2.45) is 16.7 Å². The summed E-state index contributed by atoms with van der Waals surface area (Å²) in [6.07, 6.45) is 3.79. The molecule has 0 aromatic rings. The molecule has 0 spiro atoms. The van der Waals surface area contributed by atoms with Crippen molar-refractivity contribution in [2.45, 2.75) is 46.1 Å². The highest BCUT2D eigenvalue weighted by molar-refractivity contribution is 6.02. The van der Waals surface area contributed by atoms with E-state index in [4.69, 9.17) is 6.57 Å². The van der Waals surface area contributed by atoms with E-state index in [1.807, 2.05) is 13.8 Å². The Morgan fingerprint density at radius 3 is 2.65 bits per heavy atom. The fourth-order valence-corrected chi connectivity index (χ4v) is 3.73. The summed E-state index contributed by atoms with van der Waals surface area (Å²) < 4.78 is 0. The zero-order valence-corrected chi connectivity index (χ0v) is 10.7. The van der Waals surface area contributed by atoms with Crippen molar-refractivity contribution in [3.8, 4) is 0 Å². The van der Waals surface area contributed by atoms with Crippen LogP contribution in [0.3, 0.4) is 0 Å². The van der Waals surface area contributed by atoms with Crippen LogP contribution < -0.4 is 0 Å². The van der Waals surface area contributed by atoms with Crippen LogP contribution in [0.15, 0.2) is 11.8 Å². The van der Waals surface area contributed by atoms with Crippen LogP contribution in [-0.2, 0) is 4.79 Å². The number of Topliss-reactive ketones (excluding diaryl/α,β-unsaturated/α-hetero) is 1. The third-order valence-electron chi connectivity index (χ3n) is 4.54. The van der Waals surface area contributed by atoms with Gasteiger partial charge in [0.1, 0.15) is 0 Å². The van der Waals surface area contributed by atoms with Crippen molar-refractivity contribution in [3.63, 3.8) is 0 Å². The zero-order chi connectivity index (χ0) is 12.8. The Kier molecular flexibility index (Phi) is 2.67. The minimum Gasteiger partial charge on any atom is -0.393 e. The standard InChI is InChI=1S/C14H19NO2/c1-13(2)11-6-5-9(16)7-14(11,3)8-10(15-4)12(13)17/h8-9,11,16H,5-7H2,1-3H3/t9-,11+,14+/m1/s1.